The molecule has 0 radical (unpaired) electrons. The van der Waals surface area contributed by atoms with Gasteiger partial charge in [0.15, 0.2) is 0 Å². The first-order chi connectivity index (χ1) is 10.4. The highest BCUT2D eigenvalue weighted by molar-refractivity contribution is 7.88. The lowest BCUT2D eigenvalue weighted by Gasteiger charge is -2.31. The Bertz CT molecular complexity index is 630. The van der Waals surface area contributed by atoms with E-state index < -0.39 is 10.0 Å². The molecular formula is C15H22N2O4S. The minimum atomic E-state index is -3.44. The SMILES string of the molecule is COCCN(CC(=O)N1CCCc2ccccc21)S(C)(=O)=O. The largest absolute Gasteiger partial charge is 0.383 e. The lowest BCUT2D eigenvalue weighted by atomic mass is 10.0. The van der Waals surface area contributed by atoms with Crippen LogP contribution < -0.4 is 4.90 Å². The lowest BCUT2D eigenvalue weighted by molar-refractivity contribution is -0.119. The highest BCUT2D eigenvalue weighted by atomic mass is 32.2. The molecule has 1 aromatic rings. The summed E-state index contributed by atoms with van der Waals surface area (Å²) in [5, 5.41) is 0. The Morgan fingerprint density at radius 2 is 2.09 bits per heavy atom. The number of carbonyl (C=O) groups excluding carboxylic acids is 1. The van der Waals surface area contributed by atoms with E-state index in [1.807, 2.05) is 24.3 Å². The van der Waals surface area contributed by atoms with Crippen molar-refractivity contribution in [1.82, 2.24) is 4.31 Å². The second-order valence-electron chi connectivity index (χ2n) is 5.37. The maximum atomic E-state index is 12.6. The molecule has 0 aliphatic carbocycles. The number of amides is 1. The third kappa shape index (κ3) is 4.06. The van der Waals surface area contributed by atoms with Crippen molar-refractivity contribution in [3.63, 3.8) is 0 Å². The molecule has 0 aromatic heterocycles. The van der Waals surface area contributed by atoms with Crippen LogP contribution in [0.15, 0.2) is 24.3 Å². The van der Waals surface area contributed by atoms with E-state index in [4.69, 9.17) is 4.74 Å². The van der Waals surface area contributed by atoms with Gasteiger partial charge in [-0.25, -0.2) is 8.42 Å². The predicted octanol–water partition coefficient (Wildman–Crippen LogP) is 0.874. The van der Waals surface area contributed by atoms with Crippen LogP contribution >= 0.6 is 0 Å². The van der Waals surface area contributed by atoms with E-state index in [1.165, 1.54) is 7.11 Å². The predicted molar refractivity (Wildman–Crippen MR) is 85.4 cm³/mol. The number of fused-ring (bicyclic) bond motifs is 1. The smallest absolute Gasteiger partial charge is 0.242 e. The molecule has 0 atom stereocenters. The molecule has 0 spiro atoms. The Hall–Kier alpha value is -1.44. The highest BCUT2D eigenvalue weighted by Crippen LogP contribution is 2.26. The topological polar surface area (TPSA) is 66.9 Å². The van der Waals surface area contributed by atoms with Gasteiger partial charge in [0.25, 0.3) is 0 Å². The van der Waals surface area contributed by atoms with Crippen molar-refractivity contribution in [3.8, 4) is 0 Å². The zero-order chi connectivity index (χ0) is 16.2. The van der Waals surface area contributed by atoms with Crippen LogP contribution in [0.25, 0.3) is 0 Å². The Kier molecular flexibility index (Phi) is 5.55. The average Bonchev–Trinajstić information content (AvgIpc) is 2.49. The molecule has 122 valence electrons. The van der Waals surface area contributed by atoms with Gasteiger partial charge < -0.3 is 9.64 Å². The first-order valence-electron chi connectivity index (χ1n) is 7.26. The van der Waals surface area contributed by atoms with Gasteiger partial charge in [-0.15, -0.1) is 0 Å². The van der Waals surface area contributed by atoms with Crippen LogP contribution in [0.5, 0.6) is 0 Å². The van der Waals surface area contributed by atoms with Crippen LogP contribution in [0.1, 0.15) is 12.0 Å². The van der Waals surface area contributed by atoms with Crippen molar-refractivity contribution in [2.75, 3.05) is 44.5 Å². The molecule has 0 saturated carbocycles. The lowest BCUT2D eigenvalue weighted by Crippen LogP contribution is -2.45. The first-order valence-corrected chi connectivity index (χ1v) is 9.10. The number of para-hydroxylation sites is 1. The number of hydrogen-bond acceptors (Lipinski definition) is 4. The average molecular weight is 326 g/mol. The summed E-state index contributed by atoms with van der Waals surface area (Å²) >= 11 is 0. The second kappa shape index (κ2) is 7.21. The molecule has 0 fully saturated rings. The summed E-state index contributed by atoms with van der Waals surface area (Å²) < 4.78 is 29.7. The maximum absolute atomic E-state index is 12.6. The van der Waals surface area contributed by atoms with Crippen LogP contribution in [0.3, 0.4) is 0 Å². The molecule has 0 saturated heterocycles. The normalized spacial score (nSPS) is 15.0. The number of anilines is 1. The molecule has 1 heterocycles. The fraction of sp³-hybridized carbons (Fsp3) is 0.533. The number of sulfonamides is 1. The van der Waals surface area contributed by atoms with Gasteiger partial charge in [0, 0.05) is 25.9 Å². The second-order valence-corrected chi connectivity index (χ2v) is 7.35. The number of carbonyl (C=O) groups is 1. The fourth-order valence-corrected chi connectivity index (χ4v) is 3.34. The Morgan fingerprint density at radius 1 is 1.36 bits per heavy atom. The summed E-state index contributed by atoms with van der Waals surface area (Å²) in [6, 6.07) is 7.76. The molecule has 7 heteroatoms. The van der Waals surface area contributed by atoms with Crippen molar-refractivity contribution in [2.24, 2.45) is 0 Å². The van der Waals surface area contributed by atoms with Crippen molar-refractivity contribution in [1.29, 1.82) is 0 Å². The number of rotatable bonds is 6. The number of benzene rings is 1. The van der Waals surface area contributed by atoms with Crippen LogP contribution in [-0.2, 0) is 26.0 Å². The number of hydrogen-bond donors (Lipinski definition) is 0. The summed E-state index contributed by atoms with van der Waals surface area (Å²) in [5.74, 6) is -0.200. The molecule has 2 rings (SSSR count). The summed E-state index contributed by atoms with van der Waals surface area (Å²) in [5.41, 5.74) is 2.02. The maximum Gasteiger partial charge on any atom is 0.242 e. The third-order valence-electron chi connectivity index (χ3n) is 3.74. The van der Waals surface area contributed by atoms with Gasteiger partial charge in [0.05, 0.1) is 19.4 Å². The molecule has 6 nitrogen and oxygen atoms in total. The Labute approximate surface area is 131 Å². The van der Waals surface area contributed by atoms with Gasteiger partial charge in [-0.2, -0.15) is 4.31 Å². The molecule has 22 heavy (non-hydrogen) atoms. The Morgan fingerprint density at radius 3 is 2.77 bits per heavy atom. The van der Waals surface area contributed by atoms with Gasteiger partial charge in [-0.05, 0) is 24.5 Å². The fourth-order valence-electron chi connectivity index (χ4n) is 2.58. The third-order valence-corrected chi connectivity index (χ3v) is 4.99. The zero-order valence-electron chi connectivity index (χ0n) is 13.0. The van der Waals surface area contributed by atoms with Crippen LogP contribution in [0, 0.1) is 0 Å². The Balaban J connectivity index is 2.14. The van der Waals surface area contributed by atoms with E-state index in [9.17, 15) is 13.2 Å². The van der Waals surface area contributed by atoms with E-state index in [0.29, 0.717) is 6.54 Å². The number of aryl methyl sites for hydroxylation is 1. The van der Waals surface area contributed by atoms with Gasteiger partial charge >= 0.3 is 0 Å². The van der Waals surface area contributed by atoms with E-state index in [2.05, 4.69) is 0 Å². The van der Waals surface area contributed by atoms with Crippen LogP contribution in [-0.4, -0.2) is 58.2 Å². The first kappa shape index (κ1) is 16.9. The monoisotopic (exact) mass is 326 g/mol. The molecular weight excluding hydrogens is 304 g/mol. The van der Waals surface area contributed by atoms with Gasteiger partial charge in [0.2, 0.25) is 15.9 Å². The standard InChI is InChI=1S/C15H22N2O4S/c1-21-11-10-16(22(2,19)20)12-15(18)17-9-5-7-13-6-3-4-8-14(13)17/h3-4,6,8H,5,7,9-12H2,1-2H3. The number of ether oxygens (including phenoxy) is 1. The quantitative estimate of drug-likeness (QED) is 0.778. The summed E-state index contributed by atoms with van der Waals surface area (Å²) in [6.07, 6.45) is 2.94. The van der Waals surface area contributed by atoms with E-state index in [0.717, 1.165) is 34.7 Å². The van der Waals surface area contributed by atoms with Crippen LogP contribution in [0.2, 0.25) is 0 Å². The van der Waals surface area contributed by atoms with Crippen molar-refractivity contribution >= 4 is 21.6 Å². The van der Waals surface area contributed by atoms with Gasteiger partial charge in [-0.3, -0.25) is 4.79 Å². The van der Waals surface area contributed by atoms with Crippen molar-refractivity contribution < 1.29 is 17.9 Å². The minimum absolute atomic E-state index is 0.156. The number of methoxy groups -OCH3 is 1. The summed E-state index contributed by atoms with van der Waals surface area (Å²) in [6.45, 7) is 0.905. The van der Waals surface area contributed by atoms with E-state index in [-0.39, 0.29) is 25.6 Å². The van der Waals surface area contributed by atoms with Gasteiger partial charge in [0.1, 0.15) is 0 Å². The summed E-state index contributed by atoms with van der Waals surface area (Å²) in [4.78, 5) is 14.2. The van der Waals surface area contributed by atoms with Crippen molar-refractivity contribution in [2.45, 2.75) is 12.8 Å². The van der Waals surface area contributed by atoms with E-state index in [1.54, 1.807) is 4.90 Å². The molecule has 1 aromatic carbocycles. The molecule has 0 unspecified atom stereocenters. The van der Waals surface area contributed by atoms with Gasteiger partial charge in [-0.1, -0.05) is 18.2 Å². The molecule has 0 bridgehead atoms. The molecule has 1 amide bonds. The molecule has 0 N–H and O–H groups in total. The van der Waals surface area contributed by atoms with E-state index >= 15 is 0 Å². The van der Waals surface area contributed by atoms with Crippen molar-refractivity contribution in [3.05, 3.63) is 29.8 Å². The summed E-state index contributed by atoms with van der Waals surface area (Å²) in [7, 11) is -1.94. The zero-order valence-corrected chi connectivity index (χ0v) is 13.8. The molecule has 1 aliphatic heterocycles. The highest BCUT2D eigenvalue weighted by Gasteiger charge is 2.26. The number of nitrogens with zero attached hydrogens (tertiary/aromatic N) is 2. The minimum Gasteiger partial charge on any atom is -0.383 e. The van der Waals surface area contributed by atoms with Crippen LogP contribution in [0.4, 0.5) is 5.69 Å². The molecule has 1 aliphatic rings.